The van der Waals surface area contributed by atoms with Gasteiger partial charge in [-0.25, -0.2) is 38.4 Å². The van der Waals surface area contributed by atoms with Gasteiger partial charge in [0, 0.05) is 32.9 Å². The molecular weight excluding hydrogens is 1360 g/mol. The first-order valence-corrected chi connectivity index (χ1v) is 34.6. The van der Waals surface area contributed by atoms with Crippen LogP contribution in [-0.4, -0.2) is 289 Å². The highest BCUT2D eigenvalue weighted by atomic mass is 79.9. The Morgan fingerprint density at radius 3 is 0.833 bits per heavy atom. The van der Waals surface area contributed by atoms with Gasteiger partial charge < -0.3 is 18.9 Å². The third-order valence-corrected chi connectivity index (χ3v) is 23.2. The Morgan fingerprint density at radius 2 is 0.600 bits per heavy atom. The third-order valence-electron chi connectivity index (χ3n) is 20.9. The Morgan fingerprint density at radius 1 is 0.378 bits per heavy atom. The minimum atomic E-state index is -4.35. The van der Waals surface area contributed by atoms with Gasteiger partial charge in [0.25, 0.3) is 20.2 Å². The molecule has 0 unspecified atom stereocenters. The Labute approximate surface area is 531 Å². The van der Waals surface area contributed by atoms with Gasteiger partial charge in [-0.1, -0.05) is 31.9 Å². The Kier molecular flexibility index (Phi) is 12.8. The number of fused-ring (bicyclic) bond motifs is 2. The summed E-state index contributed by atoms with van der Waals surface area (Å²) in [6.07, 6.45) is -5.05. The number of benzene rings is 2. The maximum atomic E-state index is 15.6. The molecule has 13 heterocycles. The van der Waals surface area contributed by atoms with Crippen LogP contribution < -0.4 is 18.9 Å². The molecule has 0 atom stereocenters. The number of ether oxygens (including phenoxy) is 4. The van der Waals surface area contributed by atoms with Crippen LogP contribution in [0.2, 0.25) is 0 Å². The van der Waals surface area contributed by atoms with E-state index in [0.29, 0.717) is 57.6 Å². The number of hydrogen-bond donors (Lipinski definition) is 2. The van der Waals surface area contributed by atoms with Crippen molar-refractivity contribution in [1.82, 2.24) is 78.4 Å². The molecule has 2 aromatic rings. The van der Waals surface area contributed by atoms with Crippen LogP contribution in [0.15, 0.2) is 24.3 Å². The van der Waals surface area contributed by atoms with Crippen LogP contribution in [0.4, 0.5) is 38.4 Å². The van der Waals surface area contributed by atoms with Gasteiger partial charge in [0.05, 0.1) is 64.1 Å². The summed E-state index contributed by atoms with van der Waals surface area (Å²) < 4.78 is 90.0. The number of halogens is 2. The highest BCUT2D eigenvalue weighted by molar-refractivity contribution is 9.09. The second-order valence-electron chi connectivity index (χ2n) is 24.8. The van der Waals surface area contributed by atoms with Crippen LogP contribution in [0.5, 0.6) is 23.0 Å². The van der Waals surface area contributed by atoms with E-state index in [1.807, 2.05) is 0 Å². The molecule has 0 aromatic heterocycles. The summed E-state index contributed by atoms with van der Waals surface area (Å²) in [5, 5.41) is 1.03. The molecule has 11 fully saturated rings. The number of alkyl halides is 2. The molecule has 484 valence electrons. The van der Waals surface area contributed by atoms with Crippen molar-refractivity contribution in [3.05, 3.63) is 46.5 Å². The minimum Gasteiger partial charge on any atom is -0.493 e. The van der Waals surface area contributed by atoms with Crippen molar-refractivity contribution in [2.75, 3.05) is 88.6 Å². The SMILES string of the molecule is CC12N3Cc4c(OCCBr)ccc(OCCBr)c4CN1C(=O)N1CN4C(=O)N5CN6C(=O)N7CN8C(=O)N9Cc%10c(OCCCS(=O)(=O)O)ccc(OCCCS(=O)(=O)O)c%10CN%10C(=O)N(CN%11C(=O)N(CN%12C(=O)N(CN(C3=O)C12C)C4C%125)C6C%117)C8(C)C%109C. The average Bonchev–Trinajstić information content (AvgIpc) is 1.50. The van der Waals surface area contributed by atoms with E-state index in [1.165, 1.54) is 80.7 Å². The number of rotatable bonds is 16. The van der Waals surface area contributed by atoms with Gasteiger partial charge in [0.2, 0.25) is 0 Å². The molecule has 90 heavy (non-hydrogen) atoms. The van der Waals surface area contributed by atoms with Crippen molar-refractivity contribution >= 4 is 100 Å². The number of amides is 16. The molecule has 2 N–H and O–H groups in total. The molecule has 0 spiro atoms. The zero-order chi connectivity index (χ0) is 63.6. The Balaban J connectivity index is 0.764. The third kappa shape index (κ3) is 7.52. The van der Waals surface area contributed by atoms with Gasteiger partial charge in [-0.3, -0.25) is 87.5 Å². The lowest BCUT2D eigenvalue weighted by Crippen LogP contribution is -2.69. The molecule has 0 aliphatic carbocycles. The van der Waals surface area contributed by atoms with Crippen LogP contribution in [0.1, 0.15) is 62.8 Å². The quantitative estimate of drug-likeness (QED) is 0.138. The molecule has 2 aromatic carbocycles. The van der Waals surface area contributed by atoms with Crippen molar-refractivity contribution in [3.63, 3.8) is 0 Å². The van der Waals surface area contributed by atoms with Crippen LogP contribution in [0, 0.1) is 0 Å². The molecule has 0 saturated carbocycles. The topological polar surface area (TPSA) is 334 Å². The van der Waals surface area contributed by atoms with E-state index in [-0.39, 0.29) is 63.7 Å². The average molecular weight is 1420 g/mol. The Hall–Kier alpha value is -7.42. The van der Waals surface area contributed by atoms with Gasteiger partial charge >= 0.3 is 48.2 Å². The number of urea groups is 8. The summed E-state index contributed by atoms with van der Waals surface area (Å²) in [6.45, 7) is 3.72. The van der Waals surface area contributed by atoms with Crippen molar-refractivity contribution in [3.8, 4) is 23.0 Å². The van der Waals surface area contributed by atoms with Crippen LogP contribution in [-0.2, 0) is 46.4 Å². The number of carbonyl (C=O) groups excluding carboxylic acids is 8. The van der Waals surface area contributed by atoms with E-state index >= 15 is 38.4 Å². The summed E-state index contributed by atoms with van der Waals surface area (Å²) in [7, 11) is -8.71. The minimum absolute atomic E-state index is 0.0172. The fourth-order valence-corrected chi connectivity index (χ4v) is 17.6. The highest BCUT2D eigenvalue weighted by Gasteiger charge is 2.80. The van der Waals surface area contributed by atoms with E-state index in [2.05, 4.69) is 31.9 Å². The predicted octanol–water partition coefficient (Wildman–Crippen LogP) is 2.13. The van der Waals surface area contributed by atoms with E-state index < -0.39 is 167 Å². The maximum absolute atomic E-state index is 15.6. The summed E-state index contributed by atoms with van der Waals surface area (Å²) >= 11 is 6.87. The van der Waals surface area contributed by atoms with Crippen LogP contribution in [0.25, 0.3) is 0 Å². The number of hydrogen-bond acceptors (Lipinski definition) is 16. The Bertz CT molecular complexity index is 3620. The monoisotopic (exact) mass is 1420 g/mol. The summed E-state index contributed by atoms with van der Waals surface area (Å²) in [5.41, 5.74) is -4.29. The van der Waals surface area contributed by atoms with E-state index in [4.69, 9.17) is 18.9 Å². The van der Waals surface area contributed by atoms with Gasteiger partial charge in [-0.2, -0.15) is 16.8 Å². The molecule has 13 aliphatic heterocycles. The molecule has 38 heteroatoms. The fourth-order valence-electron chi connectivity index (χ4n) is 16.3. The van der Waals surface area contributed by atoms with Crippen molar-refractivity contribution in [1.29, 1.82) is 0 Å². The molecule has 11 saturated heterocycles. The second kappa shape index (κ2) is 19.6. The lowest BCUT2D eigenvalue weighted by molar-refractivity contribution is -0.0871. The van der Waals surface area contributed by atoms with Gasteiger partial charge in [-0.05, 0) is 64.8 Å². The molecule has 13 aliphatic rings. The molecule has 0 bridgehead atoms. The largest absolute Gasteiger partial charge is 0.493 e. The zero-order valence-electron chi connectivity index (χ0n) is 48.9. The molecule has 15 rings (SSSR count). The summed E-state index contributed by atoms with van der Waals surface area (Å²) in [5.74, 6) is 0.110. The number of carbonyl (C=O) groups is 8. The van der Waals surface area contributed by atoms with Gasteiger partial charge in [0.1, 0.15) is 63.0 Å². The lowest BCUT2D eigenvalue weighted by atomic mass is 9.95. The standard InChI is InChI=1S/C52H62Br2N16O18S2/c1-49-51(3)67-25-59-39-37-55(41(59)71)23-57-38-40-61(43(57)73)27-69-47(77)65-21-31-32(36(88-16-12-54)10-9-35(31)87-15-11-53)22-66-48(78)70(52(69,4)50(65,66)2)28-62(40)44(74)58(38)24-56(37)42(72)60(39)26-68(51)46(76)64(49)20-30-29(19-63(49)45(67)75)33(85-13-5-17-89(79,80)81)7-8-34(30)86-14-6-18-90(82,83)84/h7-10,37-40H,5-6,11-28H2,1-4H3,(H,79,80,81)(H,82,83,84). The van der Waals surface area contributed by atoms with Crippen LogP contribution >= 0.6 is 31.9 Å². The van der Waals surface area contributed by atoms with E-state index in [1.54, 1.807) is 49.6 Å². The first kappa shape index (κ1) is 58.9. The predicted molar refractivity (Wildman–Crippen MR) is 310 cm³/mol. The smallest absolute Gasteiger partial charge is 0.326 e. The van der Waals surface area contributed by atoms with Crippen molar-refractivity contribution in [2.24, 2.45) is 0 Å². The molecule has 0 radical (unpaired) electrons. The number of nitrogens with zero attached hydrogens (tertiary/aromatic N) is 16. The lowest BCUT2D eigenvalue weighted by Gasteiger charge is -2.49. The normalized spacial score (nSPS) is 30.8. The first-order chi connectivity index (χ1) is 42.6. The summed E-state index contributed by atoms with van der Waals surface area (Å²) in [4.78, 5) is 147. The zero-order valence-corrected chi connectivity index (χ0v) is 53.7. The first-order valence-electron chi connectivity index (χ1n) is 29.1. The summed E-state index contributed by atoms with van der Waals surface area (Å²) in [6, 6.07) is 1.58. The van der Waals surface area contributed by atoms with Gasteiger partial charge in [-0.15, -0.1) is 0 Å². The fraction of sp³-hybridized carbons (Fsp3) is 0.615. The van der Waals surface area contributed by atoms with Gasteiger partial charge in [0.15, 0.2) is 47.3 Å². The maximum Gasteiger partial charge on any atom is 0.326 e. The van der Waals surface area contributed by atoms with Crippen LogP contribution in [0.3, 0.4) is 0 Å². The highest BCUT2D eigenvalue weighted by Crippen LogP contribution is 2.59. The van der Waals surface area contributed by atoms with Crippen molar-refractivity contribution < 1.29 is 83.2 Å². The molecule has 34 nitrogen and oxygen atoms in total. The second-order valence-corrected chi connectivity index (χ2v) is 29.5. The molecule has 16 amide bonds. The van der Waals surface area contributed by atoms with E-state index in [0.717, 1.165) is 0 Å². The van der Waals surface area contributed by atoms with E-state index in [9.17, 15) is 25.9 Å². The molecular formula is C52H62Br2N16O18S2. The van der Waals surface area contributed by atoms with Crippen molar-refractivity contribution in [2.45, 2.75) is 114 Å².